The number of rotatable bonds is 5. The molecule has 126 valence electrons. The molecule has 1 saturated heterocycles. The number of hydrogen-bond donors (Lipinski definition) is 1. The Morgan fingerprint density at radius 1 is 1.38 bits per heavy atom. The van der Waals surface area contributed by atoms with Crippen molar-refractivity contribution in [3.63, 3.8) is 0 Å². The van der Waals surface area contributed by atoms with E-state index in [0.29, 0.717) is 26.1 Å². The Kier molecular flexibility index (Phi) is 4.59. The SMILES string of the molecule is CCN1CC(C(=O)NCc2ccnc(-n3ccnc3C)c2)CC1=O. The van der Waals surface area contributed by atoms with Gasteiger partial charge in [-0.25, -0.2) is 9.97 Å². The smallest absolute Gasteiger partial charge is 0.225 e. The van der Waals surface area contributed by atoms with E-state index in [0.717, 1.165) is 17.2 Å². The highest BCUT2D eigenvalue weighted by Gasteiger charge is 2.33. The zero-order chi connectivity index (χ0) is 17.1. The third kappa shape index (κ3) is 3.29. The van der Waals surface area contributed by atoms with Gasteiger partial charge in [-0.3, -0.25) is 14.2 Å². The number of likely N-dealkylation sites (tertiary alicyclic amines) is 1. The molecule has 0 spiro atoms. The summed E-state index contributed by atoms with van der Waals surface area (Å²) in [6.45, 7) is 5.41. The average Bonchev–Trinajstić information content (AvgIpc) is 3.18. The van der Waals surface area contributed by atoms with Crippen molar-refractivity contribution >= 4 is 11.8 Å². The molecule has 3 rings (SSSR count). The van der Waals surface area contributed by atoms with Crippen LogP contribution in [0, 0.1) is 12.8 Å². The number of aryl methyl sites for hydroxylation is 1. The Morgan fingerprint density at radius 2 is 2.21 bits per heavy atom. The molecule has 1 aliphatic heterocycles. The quantitative estimate of drug-likeness (QED) is 0.890. The lowest BCUT2D eigenvalue weighted by Gasteiger charge is -2.14. The summed E-state index contributed by atoms with van der Waals surface area (Å²) in [4.78, 5) is 34.2. The predicted molar refractivity (Wildman–Crippen MR) is 88.3 cm³/mol. The lowest BCUT2D eigenvalue weighted by atomic mass is 10.1. The summed E-state index contributed by atoms with van der Waals surface area (Å²) in [6, 6.07) is 3.79. The van der Waals surface area contributed by atoms with Gasteiger partial charge in [-0.15, -0.1) is 0 Å². The van der Waals surface area contributed by atoms with Gasteiger partial charge in [0.15, 0.2) is 0 Å². The van der Waals surface area contributed by atoms with E-state index in [1.54, 1.807) is 17.3 Å². The van der Waals surface area contributed by atoms with Crippen molar-refractivity contribution in [3.8, 4) is 5.82 Å². The van der Waals surface area contributed by atoms with Crippen LogP contribution in [0.25, 0.3) is 5.82 Å². The van der Waals surface area contributed by atoms with Gasteiger partial charge in [0, 0.05) is 44.6 Å². The highest BCUT2D eigenvalue weighted by molar-refractivity contribution is 5.89. The van der Waals surface area contributed by atoms with Crippen molar-refractivity contribution in [2.45, 2.75) is 26.8 Å². The number of carbonyl (C=O) groups excluding carboxylic acids is 2. The maximum atomic E-state index is 12.3. The molecule has 1 aliphatic rings. The standard InChI is InChI=1S/C17H21N5O2/c1-3-21-11-14(9-16(21)23)17(24)20-10-13-4-5-19-15(8-13)22-7-6-18-12(22)2/h4-8,14H,3,9-11H2,1-2H3,(H,20,24). The molecule has 1 fully saturated rings. The minimum absolute atomic E-state index is 0.0550. The summed E-state index contributed by atoms with van der Waals surface area (Å²) in [5.74, 6) is 1.35. The van der Waals surface area contributed by atoms with E-state index in [-0.39, 0.29) is 17.7 Å². The molecule has 1 unspecified atom stereocenters. The monoisotopic (exact) mass is 327 g/mol. The second-order valence-corrected chi connectivity index (χ2v) is 5.92. The van der Waals surface area contributed by atoms with Crippen molar-refractivity contribution in [1.82, 2.24) is 24.8 Å². The number of imidazole rings is 1. The Labute approximate surface area is 140 Å². The van der Waals surface area contributed by atoms with Gasteiger partial charge in [-0.2, -0.15) is 0 Å². The second-order valence-electron chi connectivity index (χ2n) is 5.92. The molecule has 0 aliphatic carbocycles. The van der Waals surface area contributed by atoms with Gasteiger partial charge < -0.3 is 10.2 Å². The van der Waals surface area contributed by atoms with Gasteiger partial charge in [0.05, 0.1) is 5.92 Å². The second kappa shape index (κ2) is 6.82. The van der Waals surface area contributed by atoms with Gasteiger partial charge in [-0.1, -0.05) is 0 Å². The largest absolute Gasteiger partial charge is 0.352 e. The molecule has 0 saturated carbocycles. The number of aromatic nitrogens is 3. The zero-order valence-corrected chi connectivity index (χ0v) is 13.9. The van der Waals surface area contributed by atoms with Gasteiger partial charge in [0.25, 0.3) is 0 Å². The van der Waals surface area contributed by atoms with Crippen LogP contribution in [0.5, 0.6) is 0 Å². The van der Waals surface area contributed by atoms with E-state index in [4.69, 9.17) is 0 Å². The highest BCUT2D eigenvalue weighted by atomic mass is 16.2. The van der Waals surface area contributed by atoms with E-state index in [2.05, 4.69) is 15.3 Å². The number of carbonyl (C=O) groups is 2. The first-order valence-electron chi connectivity index (χ1n) is 8.09. The molecule has 2 aromatic heterocycles. The van der Waals surface area contributed by atoms with E-state index >= 15 is 0 Å². The fourth-order valence-corrected chi connectivity index (χ4v) is 2.91. The molecule has 0 radical (unpaired) electrons. The van der Waals surface area contributed by atoms with Gasteiger partial charge >= 0.3 is 0 Å². The Hall–Kier alpha value is -2.70. The maximum absolute atomic E-state index is 12.3. The van der Waals surface area contributed by atoms with Crippen LogP contribution in [0.2, 0.25) is 0 Å². The number of nitrogens with zero attached hydrogens (tertiary/aromatic N) is 4. The lowest BCUT2D eigenvalue weighted by Crippen LogP contribution is -2.32. The fraction of sp³-hybridized carbons (Fsp3) is 0.412. The van der Waals surface area contributed by atoms with Crippen LogP contribution in [0.1, 0.15) is 24.7 Å². The predicted octanol–water partition coefficient (Wildman–Crippen LogP) is 1.06. The minimum Gasteiger partial charge on any atom is -0.352 e. The lowest BCUT2D eigenvalue weighted by molar-refractivity contribution is -0.128. The van der Waals surface area contributed by atoms with E-state index in [1.165, 1.54) is 0 Å². The topological polar surface area (TPSA) is 80.1 Å². The number of hydrogen-bond acceptors (Lipinski definition) is 4. The molecule has 1 atom stereocenters. The Bertz CT molecular complexity index is 755. The van der Waals surface area contributed by atoms with Crippen LogP contribution >= 0.6 is 0 Å². The summed E-state index contributed by atoms with van der Waals surface area (Å²) in [6.07, 6.45) is 5.59. The summed E-state index contributed by atoms with van der Waals surface area (Å²) in [5, 5.41) is 2.92. The molecule has 0 bridgehead atoms. The van der Waals surface area contributed by atoms with E-state index < -0.39 is 0 Å². The molecule has 7 heteroatoms. The highest BCUT2D eigenvalue weighted by Crippen LogP contribution is 2.17. The van der Waals surface area contributed by atoms with Gasteiger partial charge in [0.1, 0.15) is 11.6 Å². The summed E-state index contributed by atoms with van der Waals surface area (Å²) in [7, 11) is 0. The Morgan fingerprint density at radius 3 is 2.88 bits per heavy atom. The van der Waals surface area contributed by atoms with Crippen LogP contribution < -0.4 is 5.32 Å². The molecule has 3 heterocycles. The van der Waals surface area contributed by atoms with E-state index in [1.807, 2.05) is 36.7 Å². The summed E-state index contributed by atoms with van der Waals surface area (Å²) < 4.78 is 1.89. The molecule has 0 aromatic carbocycles. The average molecular weight is 327 g/mol. The number of nitrogens with one attached hydrogen (secondary N) is 1. The van der Waals surface area contributed by atoms with Crippen molar-refractivity contribution in [2.75, 3.05) is 13.1 Å². The van der Waals surface area contributed by atoms with Crippen molar-refractivity contribution in [3.05, 3.63) is 42.1 Å². The van der Waals surface area contributed by atoms with Crippen molar-refractivity contribution < 1.29 is 9.59 Å². The van der Waals surface area contributed by atoms with Crippen LogP contribution in [-0.2, 0) is 16.1 Å². The molecular formula is C17H21N5O2. The van der Waals surface area contributed by atoms with Gasteiger partial charge in [0.2, 0.25) is 11.8 Å². The fourth-order valence-electron chi connectivity index (χ4n) is 2.91. The third-order valence-electron chi connectivity index (χ3n) is 4.32. The first kappa shape index (κ1) is 16.2. The van der Waals surface area contributed by atoms with Crippen molar-refractivity contribution in [1.29, 1.82) is 0 Å². The molecule has 2 aromatic rings. The molecule has 2 amide bonds. The number of amides is 2. The molecular weight excluding hydrogens is 306 g/mol. The Balaban J connectivity index is 1.62. The number of pyridine rings is 1. The van der Waals surface area contributed by atoms with Crippen LogP contribution in [0.4, 0.5) is 0 Å². The zero-order valence-electron chi connectivity index (χ0n) is 13.9. The van der Waals surface area contributed by atoms with E-state index in [9.17, 15) is 9.59 Å². The van der Waals surface area contributed by atoms with Gasteiger partial charge in [-0.05, 0) is 31.5 Å². The molecule has 1 N–H and O–H groups in total. The molecule has 24 heavy (non-hydrogen) atoms. The minimum atomic E-state index is -0.255. The van der Waals surface area contributed by atoms with Crippen LogP contribution in [0.15, 0.2) is 30.7 Å². The normalized spacial score (nSPS) is 17.3. The maximum Gasteiger partial charge on any atom is 0.225 e. The third-order valence-corrected chi connectivity index (χ3v) is 4.32. The van der Waals surface area contributed by atoms with Crippen LogP contribution in [0.3, 0.4) is 0 Å². The summed E-state index contributed by atoms with van der Waals surface area (Å²) in [5.41, 5.74) is 0.957. The first-order valence-corrected chi connectivity index (χ1v) is 8.09. The van der Waals surface area contributed by atoms with Crippen molar-refractivity contribution in [2.24, 2.45) is 5.92 Å². The molecule has 7 nitrogen and oxygen atoms in total. The van der Waals surface area contributed by atoms with Crippen LogP contribution in [-0.4, -0.2) is 44.3 Å². The first-order chi connectivity index (χ1) is 11.6. The summed E-state index contributed by atoms with van der Waals surface area (Å²) >= 11 is 0.